The van der Waals surface area contributed by atoms with E-state index in [4.69, 9.17) is 0 Å². The molecule has 0 aromatic rings. The number of piperidine rings is 1. The molecule has 2 nitrogen and oxygen atoms in total. The monoisotopic (exact) mass is 252 g/mol. The summed E-state index contributed by atoms with van der Waals surface area (Å²) in [5.74, 6) is 2.69. The maximum Gasteiger partial charge on any atom is 0.0275 e. The van der Waals surface area contributed by atoms with Crippen LogP contribution in [0.2, 0.25) is 0 Å². The average Bonchev–Trinajstić information content (AvgIpc) is 2.37. The Morgan fingerprint density at radius 1 is 1.22 bits per heavy atom. The number of nitrogens with zero attached hydrogens (tertiary/aromatic N) is 1. The van der Waals surface area contributed by atoms with Gasteiger partial charge < -0.3 is 5.32 Å². The molecular weight excluding hydrogens is 220 g/mol. The summed E-state index contributed by atoms with van der Waals surface area (Å²) in [6, 6.07) is 1.49. The molecule has 0 spiro atoms. The summed E-state index contributed by atoms with van der Waals surface area (Å²) in [6.45, 7) is 9.93. The Morgan fingerprint density at radius 2 is 2.00 bits per heavy atom. The molecule has 5 atom stereocenters. The maximum absolute atomic E-state index is 3.60. The first-order valence-corrected chi connectivity index (χ1v) is 8.07. The Labute approximate surface area is 114 Å². The lowest BCUT2D eigenvalue weighted by Crippen LogP contribution is -2.57. The van der Waals surface area contributed by atoms with Gasteiger partial charge in [0.15, 0.2) is 0 Å². The van der Waals surface area contributed by atoms with Crippen molar-refractivity contribution in [3.05, 3.63) is 0 Å². The second kappa shape index (κ2) is 6.38. The highest BCUT2D eigenvalue weighted by molar-refractivity contribution is 4.94. The average molecular weight is 252 g/mol. The van der Waals surface area contributed by atoms with Crippen molar-refractivity contribution < 1.29 is 0 Å². The number of likely N-dealkylation sites (N-methyl/N-ethyl adjacent to an activating group) is 1. The molecule has 2 heteroatoms. The van der Waals surface area contributed by atoms with E-state index < -0.39 is 0 Å². The molecule has 0 radical (unpaired) electrons. The molecule has 1 aliphatic heterocycles. The molecule has 0 bridgehead atoms. The zero-order chi connectivity index (χ0) is 13.1. The van der Waals surface area contributed by atoms with Crippen LogP contribution in [0.1, 0.15) is 52.9 Å². The van der Waals surface area contributed by atoms with Crippen molar-refractivity contribution in [3.63, 3.8) is 0 Å². The third-order valence-corrected chi connectivity index (χ3v) is 5.35. The molecule has 1 aliphatic carbocycles. The normalized spacial score (nSPS) is 43.0. The minimum atomic E-state index is 0.708. The van der Waals surface area contributed by atoms with Crippen molar-refractivity contribution in [3.8, 4) is 0 Å². The Balaban J connectivity index is 2.04. The number of hydrogen-bond acceptors (Lipinski definition) is 2. The van der Waals surface area contributed by atoms with E-state index in [0.717, 1.165) is 23.8 Å². The van der Waals surface area contributed by atoms with E-state index in [1.54, 1.807) is 0 Å². The topological polar surface area (TPSA) is 15.3 Å². The molecule has 18 heavy (non-hydrogen) atoms. The molecule has 5 unspecified atom stereocenters. The van der Waals surface area contributed by atoms with Gasteiger partial charge >= 0.3 is 0 Å². The first-order valence-electron chi connectivity index (χ1n) is 8.07. The van der Waals surface area contributed by atoms with Crippen molar-refractivity contribution in [1.82, 2.24) is 10.2 Å². The van der Waals surface area contributed by atoms with Crippen LogP contribution >= 0.6 is 0 Å². The molecule has 1 saturated carbocycles. The van der Waals surface area contributed by atoms with E-state index in [2.05, 4.69) is 38.0 Å². The lowest BCUT2D eigenvalue weighted by molar-refractivity contribution is 0.0324. The highest BCUT2D eigenvalue weighted by atomic mass is 15.2. The third-order valence-electron chi connectivity index (χ3n) is 5.35. The van der Waals surface area contributed by atoms with Gasteiger partial charge in [0, 0.05) is 18.6 Å². The van der Waals surface area contributed by atoms with Gasteiger partial charge in [-0.2, -0.15) is 0 Å². The zero-order valence-corrected chi connectivity index (χ0v) is 12.8. The molecule has 106 valence electrons. The van der Waals surface area contributed by atoms with Gasteiger partial charge in [-0.1, -0.05) is 27.2 Å². The van der Waals surface area contributed by atoms with Crippen molar-refractivity contribution >= 4 is 0 Å². The number of nitrogens with one attached hydrogen (secondary N) is 1. The first-order chi connectivity index (χ1) is 8.65. The highest BCUT2D eigenvalue weighted by Gasteiger charge is 2.38. The van der Waals surface area contributed by atoms with Gasteiger partial charge in [-0.15, -0.1) is 0 Å². The molecule has 1 N–H and O–H groups in total. The summed E-state index contributed by atoms with van der Waals surface area (Å²) in [5, 5.41) is 3.60. The maximum atomic E-state index is 3.60. The third kappa shape index (κ3) is 3.08. The van der Waals surface area contributed by atoms with Gasteiger partial charge in [0.25, 0.3) is 0 Å². The molecule has 2 aliphatic rings. The molecule has 0 aromatic heterocycles. The second-order valence-corrected chi connectivity index (χ2v) is 6.85. The van der Waals surface area contributed by atoms with Gasteiger partial charge in [0.2, 0.25) is 0 Å². The van der Waals surface area contributed by atoms with Crippen LogP contribution in [0, 0.1) is 17.8 Å². The van der Waals surface area contributed by atoms with E-state index in [1.807, 2.05) is 0 Å². The molecule has 1 saturated heterocycles. The van der Waals surface area contributed by atoms with Crippen LogP contribution in [0.5, 0.6) is 0 Å². The Morgan fingerprint density at radius 3 is 2.67 bits per heavy atom. The predicted molar refractivity (Wildman–Crippen MR) is 78.8 cm³/mol. The van der Waals surface area contributed by atoms with Crippen LogP contribution in [0.3, 0.4) is 0 Å². The standard InChI is InChI=1S/C16H32N2/c1-5-14-7-6-8-18(11-14)16-13(3)9-12(2)10-15(16)17-4/h12-17H,5-11H2,1-4H3. The van der Waals surface area contributed by atoms with Crippen LogP contribution in [-0.4, -0.2) is 37.1 Å². The Bertz CT molecular complexity index is 253. The van der Waals surface area contributed by atoms with Gasteiger partial charge in [-0.05, 0) is 57.0 Å². The van der Waals surface area contributed by atoms with Crippen molar-refractivity contribution in [2.24, 2.45) is 17.8 Å². The molecule has 2 rings (SSSR count). The fourth-order valence-electron chi connectivity index (χ4n) is 4.44. The van der Waals surface area contributed by atoms with Crippen LogP contribution in [0.15, 0.2) is 0 Å². The summed E-state index contributed by atoms with van der Waals surface area (Å²) in [6.07, 6.45) is 7.00. The summed E-state index contributed by atoms with van der Waals surface area (Å²) in [5.41, 5.74) is 0. The SMILES string of the molecule is CCC1CCCN(C2C(C)CC(C)CC2NC)C1. The van der Waals surface area contributed by atoms with Crippen LogP contribution in [0.4, 0.5) is 0 Å². The smallest absolute Gasteiger partial charge is 0.0275 e. The summed E-state index contributed by atoms with van der Waals surface area (Å²) >= 11 is 0. The molecular formula is C16H32N2. The predicted octanol–water partition coefficient (Wildman–Crippen LogP) is 3.13. The van der Waals surface area contributed by atoms with E-state index in [1.165, 1.54) is 45.2 Å². The minimum absolute atomic E-state index is 0.708. The zero-order valence-electron chi connectivity index (χ0n) is 12.8. The minimum Gasteiger partial charge on any atom is -0.315 e. The molecule has 0 aromatic carbocycles. The summed E-state index contributed by atoms with van der Waals surface area (Å²) in [7, 11) is 2.16. The van der Waals surface area contributed by atoms with E-state index >= 15 is 0 Å². The van der Waals surface area contributed by atoms with Gasteiger partial charge in [-0.25, -0.2) is 0 Å². The van der Waals surface area contributed by atoms with E-state index in [-0.39, 0.29) is 0 Å². The van der Waals surface area contributed by atoms with Crippen molar-refractivity contribution in [2.75, 3.05) is 20.1 Å². The number of rotatable bonds is 3. The van der Waals surface area contributed by atoms with Crippen molar-refractivity contribution in [1.29, 1.82) is 0 Å². The summed E-state index contributed by atoms with van der Waals surface area (Å²) < 4.78 is 0. The Hall–Kier alpha value is -0.0800. The Kier molecular flexibility index (Phi) is 5.08. The number of hydrogen-bond donors (Lipinski definition) is 1. The fourth-order valence-corrected chi connectivity index (χ4v) is 4.44. The summed E-state index contributed by atoms with van der Waals surface area (Å²) in [4.78, 5) is 2.81. The lowest BCUT2D eigenvalue weighted by atomic mass is 9.75. The number of likely N-dealkylation sites (tertiary alicyclic amines) is 1. The fraction of sp³-hybridized carbons (Fsp3) is 1.00. The second-order valence-electron chi connectivity index (χ2n) is 6.85. The van der Waals surface area contributed by atoms with E-state index in [0.29, 0.717) is 6.04 Å². The van der Waals surface area contributed by atoms with E-state index in [9.17, 15) is 0 Å². The molecule has 0 amide bonds. The highest BCUT2D eigenvalue weighted by Crippen LogP contribution is 2.34. The largest absolute Gasteiger partial charge is 0.315 e. The molecule has 2 fully saturated rings. The first kappa shape index (κ1) is 14.3. The van der Waals surface area contributed by atoms with Gasteiger partial charge in [0.1, 0.15) is 0 Å². The van der Waals surface area contributed by atoms with Gasteiger partial charge in [0.05, 0.1) is 0 Å². The van der Waals surface area contributed by atoms with Crippen LogP contribution in [-0.2, 0) is 0 Å². The van der Waals surface area contributed by atoms with Crippen LogP contribution < -0.4 is 5.32 Å². The lowest BCUT2D eigenvalue weighted by Gasteiger charge is -2.48. The van der Waals surface area contributed by atoms with Crippen LogP contribution in [0.25, 0.3) is 0 Å². The molecule has 1 heterocycles. The van der Waals surface area contributed by atoms with Crippen molar-refractivity contribution in [2.45, 2.75) is 65.0 Å². The van der Waals surface area contributed by atoms with Gasteiger partial charge in [-0.3, -0.25) is 4.90 Å². The quantitative estimate of drug-likeness (QED) is 0.830.